The minimum Gasteiger partial charge on any atom is -0.392 e. The summed E-state index contributed by atoms with van der Waals surface area (Å²) in [4.78, 5) is 11.8. The van der Waals surface area contributed by atoms with Crippen molar-refractivity contribution in [3.63, 3.8) is 0 Å². The number of aliphatic hydroxyl groups excluding tert-OH is 1. The first-order valence-electron chi connectivity index (χ1n) is 6.41. The average molecular weight is 305 g/mol. The van der Waals surface area contributed by atoms with E-state index in [2.05, 4.69) is 5.32 Å². The molecule has 0 aliphatic rings. The molecule has 6 heteroatoms. The average Bonchev–Trinajstić information content (AvgIpc) is 2.43. The molecule has 2 atom stereocenters. The summed E-state index contributed by atoms with van der Waals surface area (Å²) >= 11 is 0. The molecule has 0 aliphatic heterocycles. The van der Waals surface area contributed by atoms with E-state index in [0.717, 1.165) is 6.42 Å². The molecule has 2 unspecified atom stereocenters. The Morgan fingerprint density at radius 2 is 2.15 bits per heavy atom. The summed E-state index contributed by atoms with van der Waals surface area (Å²) in [5, 5.41) is 11.5. The Bertz CT molecular complexity index is 443. The highest BCUT2D eigenvalue weighted by molar-refractivity contribution is 5.85. The summed E-state index contributed by atoms with van der Waals surface area (Å²) in [6, 6.07) is 3.93. The molecule has 20 heavy (non-hydrogen) atoms. The van der Waals surface area contributed by atoms with Crippen molar-refractivity contribution in [1.29, 1.82) is 0 Å². The third-order valence-electron chi connectivity index (χ3n) is 3.31. The van der Waals surface area contributed by atoms with E-state index in [1.165, 1.54) is 12.1 Å². The van der Waals surface area contributed by atoms with Crippen LogP contribution in [0.4, 0.5) is 4.39 Å². The Balaban J connectivity index is 0.00000361. The summed E-state index contributed by atoms with van der Waals surface area (Å²) < 4.78 is 13.4. The third kappa shape index (κ3) is 5.07. The van der Waals surface area contributed by atoms with Gasteiger partial charge in [-0.25, -0.2) is 4.39 Å². The molecule has 1 aromatic rings. The maximum absolute atomic E-state index is 13.4. The number of benzene rings is 1. The zero-order chi connectivity index (χ0) is 14.4. The Morgan fingerprint density at radius 3 is 2.65 bits per heavy atom. The lowest BCUT2D eigenvalue weighted by Gasteiger charge is -2.17. The maximum atomic E-state index is 13.4. The Morgan fingerprint density at radius 1 is 1.50 bits per heavy atom. The monoisotopic (exact) mass is 304 g/mol. The van der Waals surface area contributed by atoms with E-state index < -0.39 is 11.9 Å². The molecule has 0 fully saturated rings. The highest BCUT2D eigenvalue weighted by atomic mass is 35.5. The van der Waals surface area contributed by atoms with Gasteiger partial charge in [0.2, 0.25) is 5.91 Å². The molecule has 1 amide bonds. The molecule has 0 spiro atoms. The molecule has 0 saturated carbocycles. The van der Waals surface area contributed by atoms with Crippen LogP contribution < -0.4 is 11.1 Å². The normalized spacial score (nSPS) is 13.2. The van der Waals surface area contributed by atoms with E-state index in [-0.39, 0.29) is 42.9 Å². The second kappa shape index (κ2) is 8.89. The maximum Gasteiger partial charge on any atom is 0.237 e. The fraction of sp³-hybridized carbons (Fsp3) is 0.500. The molecule has 0 bridgehead atoms. The van der Waals surface area contributed by atoms with E-state index in [9.17, 15) is 9.18 Å². The van der Waals surface area contributed by atoms with Crippen LogP contribution in [0.1, 0.15) is 31.4 Å². The molecular weight excluding hydrogens is 283 g/mol. The first-order chi connectivity index (χ1) is 8.99. The molecule has 4 N–H and O–H groups in total. The second-order valence-electron chi connectivity index (χ2n) is 4.71. The van der Waals surface area contributed by atoms with Crippen molar-refractivity contribution >= 4 is 18.3 Å². The van der Waals surface area contributed by atoms with Gasteiger partial charge in [0, 0.05) is 12.1 Å². The Kier molecular flexibility index (Phi) is 8.37. The summed E-state index contributed by atoms with van der Waals surface area (Å²) in [7, 11) is 0. The quantitative estimate of drug-likeness (QED) is 0.749. The molecule has 4 nitrogen and oxygen atoms in total. The number of rotatable bonds is 6. The van der Waals surface area contributed by atoms with Crippen LogP contribution in [-0.4, -0.2) is 17.1 Å². The van der Waals surface area contributed by atoms with Gasteiger partial charge < -0.3 is 16.2 Å². The molecule has 0 aromatic heterocycles. The van der Waals surface area contributed by atoms with Gasteiger partial charge in [0.15, 0.2) is 0 Å². The van der Waals surface area contributed by atoms with Crippen molar-refractivity contribution in [3.05, 3.63) is 35.1 Å². The molecule has 0 heterocycles. The van der Waals surface area contributed by atoms with Crippen LogP contribution in [-0.2, 0) is 17.9 Å². The largest absolute Gasteiger partial charge is 0.392 e. The Hall–Kier alpha value is -1.17. The molecule has 114 valence electrons. The topological polar surface area (TPSA) is 75.4 Å². The van der Waals surface area contributed by atoms with Crippen LogP contribution in [0.5, 0.6) is 0 Å². The predicted molar refractivity (Wildman–Crippen MR) is 78.8 cm³/mol. The number of aliphatic hydroxyl groups is 1. The van der Waals surface area contributed by atoms with Crippen molar-refractivity contribution < 1.29 is 14.3 Å². The second-order valence-corrected chi connectivity index (χ2v) is 4.71. The van der Waals surface area contributed by atoms with Crippen LogP contribution in [0, 0.1) is 11.7 Å². The van der Waals surface area contributed by atoms with Gasteiger partial charge in [0.05, 0.1) is 12.6 Å². The number of amides is 1. The van der Waals surface area contributed by atoms with Crippen LogP contribution in [0.25, 0.3) is 0 Å². The zero-order valence-electron chi connectivity index (χ0n) is 11.7. The SMILES string of the molecule is CCC(C)C(N)C(=O)NCc1ccc(CO)c(F)c1.Cl. The van der Waals surface area contributed by atoms with Gasteiger partial charge in [-0.1, -0.05) is 32.4 Å². The molecule has 1 aromatic carbocycles. The fourth-order valence-electron chi connectivity index (χ4n) is 1.65. The smallest absolute Gasteiger partial charge is 0.237 e. The molecular formula is C14H22ClFN2O2. The molecule has 0 radical (unpaired) electrons. The van der Waals surface area contributed by atoms with E-state index >= 15 is 0 Å². The summed E-state index contributed by atoms with van der Waals surface area (Å²) in [6.45, 7) is 3.78. The minimum atomic E-state index is -0.549. The summed E-state index contributed by atoms with van der Waals surface area (Å²) in [6.07, 6.45) is 0.828. The highest BCUT2D eigenvalue weighted by Crippen LogP contribution is 2.11. The van der Waals surface area contributed by atoms with E-state index in [1.54, 1.807) is 6.07 Å². The number of nitrogens with one attached hydrogen (secondary N) is 1. The first kappa shape index (κ1) is 18.8. The van der Waals surface area contributed by atoms with Crippen LogP contribution >= 0.6 is 12.4 Å². The highest BCUT2D eigenvalue weighted by Gasteiger charge is 2.18. The molecule has 0 saturated heterocycles. The lowest BCUT2D eigenvalue weighted by Crippen LogP contribution is -2.44. The molecule has 0 aliphatic carbocycles. The fourth-order valence-corrected chi connectivity index (χ4v) is 1.65. The van der Waals surface area contributed by atoms with Crippen LogP contribution in [0.3, 0.4) is 0 Å². The van der Waals surface area contributed by atoms with E-state index in [0.29, 0.717) is 5.56 Å². The Labute approximate surface area is 125 Å². The van der Waals surface area contributed by atoms with Crippen molar-refractivity contribution in [1.82, 2.24) is 5.32 Å². The van der Waals surface area contributed by atoms with Gasteiger partial charge in [-0.2, -0.15) is 0 Å². The number of carbonyl (C=O) groups is 1. The minimum absolute atomic E-state index is 0. The standard InChI is InChI=1S/C14H21FN2O2.ClH/c1-3-9(2)13(16)14(19)17-7-10-4-5-11(8-18)12(15)6-10;/h4-6,9,13,18H,3,7-8,16H2,1-2H3,(H,17,19);1H. The van der Waals surface area contributed by atoms with Crippen molar-refractivity contribution in [2.24, 2.45) is 11.7 Å². The number of hydrogen-bond acceptors (Lipinski definition) is 3. The van der Waals surface area contributed by atoms with E-state index in [1.807, 2.05) is 13.8 Å². The summed E-state index contributed by atoms with van der Waals surface area (Å²) in [5.41, 5.74) is 6.67. The zero-order valence-corrected chi connectivity index (χ0v) is 12.5. The van der Waals surface area contributed by atoms with Gasteiger partial charge in [-0.15, -0.1) is 12.4 Å². The lowest BCUT2D eigenvalue weighted by atomic mass is 9.99. The first-order valence-corrected chi connectivity index (χ1v) is 6.41. The predicted octanol–water partition coefficient (Wildman–Crippen LogP) is 1.73. The number of nitrogens with two attached hydrogens (primary N) is 1. The number of hydrogen-bond donors (Lipinski definition) is 3. The summed E-state index contributed by atoms with van der Waals surface area (Å²) in [5.74, 6) is -0.602. The van der Waals surface area contributed by atoms with Crippen molar-refractivity contribution in [2.75, 3.05) is 0 Å². The van der Waals surface area contributed by atoms with E-state index in [4.69, 9.17) is 10.8 Å². The van der Waals surface area contributed by atoms with Gasteiger partial charge in [-0.3, -0.25) is 4.79 Å². The lowest BCUT2D eigenvalue weighted by molar-refractivity contribution is -0.123. The molecule has 1 rings (SSSR count). The van der Waals surface area contributed by atoms with Gasteiger partial charge in [0.1, 0.15) is 5.82 Å². The third-order valence-corrected chi connectivity index (χ3v) is 3.31. The van der Waals surface area contributed by atoms with Gasteiger partial charge in [0.25, 0.3) is 0 Å². The van der Waals surface area contributed by atoms with Crippen LogP contribution in [0.2, 0.25) is 0 Å². The van der Waals surface area contributed by atoms with Crippen molar-refractivity contribution in [2.45, 2.75) is 39.5 Å². The van der Waals surface area contributed by atoms with Gasteiger partial charge in [-0.05, 0) is 17.5 Å². The number of carbonyl (C=O) groups excluding carboxylic acids is 1. The van der Waals surface area contributed by atoms with Crippen molar-refractivity contribution in [3.8, 4) is 0 Å². The van der Waals surface area contributed by atoms with Gasteiger partial charge >= 0.3 is 0 Å². The number of halogens is 2. The van der Waals surface area contributed by atoms with Crippen LogP contribution in [0.15, 0.2) is 18.2 Å².